The lowest BCUT2D eigenvalue weighted by Gasteiger charge is -2.37. The first-order chi connectivity index (χ1) is 30.4. The molecular formula is C45H62N8O8S2Si. The van der Waals surface area contributed by atoms with Gasteiger partial charge in [0.25, 0.3) is 5.91 Å². The van der Waals surface area contributed by atoms with Crippen molar-refractivity contribution in [1.82, 2.24) is 39.8 Å². The molecule has 346 valence electrons. The molecule has 4 atom stereocenters. The number of hydrogen-bond donors (Lipinski definition) is 2. The maximum absolute atomic E-state index is 14.6. The number of amides is 4. The quantitative estimate of drug-likeness (QED) is 0.187. The molecule has 0 saturated carbocycles. The van der Waals surface area contributed by atoms with Crippen LogP contribution in [0.3, 0.4) is 0 Å². The number of methoxy groups -OCH3 is 1. The number of benzene rings is 1. The highest BCUT2D eigenvalue weighted by Gasteiger charge is 2.38. The molecule has 0 unspecified atom stereocenters. The molecule has 3 aliphatic heterocycles. The zero-order valence-electron chi connectivity index (χ0n) is 38.2. The number of hydrogen-bond acceptors (Lipinski definition) is 12. The van der Waals surface area contributed by atoms with Crippen LogP contribution in [-0.4, -0.2) is 135 Å². The van der Waals surface area contributed by atoms with Gasteiger partial charge in [0, 0.05) is 85.8 Å². The summed E-state index contributed by atoms with van der Waals surface area (Å²) in [4.78, 5) is 69.1. The van der Waals surface area contributed by atoms with Crippen LogP contribution in [0.5, 0.6) is 0 Å². The minimum atomic E-state index is -3.23. The summed E-state index contributed by atoms with van der Waals surface area (Å²) in [6.45, 7) is 13.3. The predicted octanol–water partition coefficient (Wildman–Crippen LogP) is 4.51. The Morgan fingerprint density at radius 2 is 1.89 bits per heavy atom. The molecule has 19 heteroatoms. The highest BCUT2D eigenvalue weighted by Crippen LogP contribution is 2.42. The Morgan fingerprint density at radius 3 is 2.59 bits per heavy atom. The third-order valence-corrected chi connectivity index (χ3v) is 17.0. The Hall–Kier alpha value is -4.69. The van der Waals surface area contributed by atoms with Crippen molar-refractivity contribution in [2.75, 3.05) is 51.9 Å². The van der Waals surface area contributed by atoms with E-state index in [1.807, 2.05) is 32.2 Å². The number of aryl methyl sites for hydroxylation is 1. The summed E-state index contributed by atoms with van der Waals surface area (Å²) in [6, 6.07) is 7.92. The number of hydrazine groups is 1. The van der Waals surface area contributed by atoms with E-state index in [0.717, 1.165) is 44.7 Å². The second-order valence-corrected chi connectivity index (χ2v) is 23.3. The van der Waals surface area contributed by atoms with Crippen molar-refractivity contribution >= 4 is 65.6 Å². The van der Waals surface area contributed by atoms with Crippen LogP contribution in [0.4, 0.5) is 4.79 Å². The van der Waals surface area contributed by atoms with Gasteiger partial charge in [0.2, 0.25) is 5.91 Å². The summed E-state index contributed by atoms with van der Waals surface area (Å²) in [7, 11) is -1.42. The van der Waals surface area contributed by atoms with Gasteiger partial charge < -0.3 is 29.2 Å². The molecule has 64 heavy (non-hydrogen) atoms. The molecule has 4 amide bonds. The Balaban J connectivity index is 1.28. The average molecular weight is 935 g/mol. The third-order valence-electron chi connectivity index (χ3n) is 12.7. The van der Waals surface area contributed by atoms with Crippen LogP contribution >= 0.6 is 11.3 Å². The highest BCUT2D eigenvalue weighted by molar-refractivity contribution is 7.91. The van der Waals surface area contributed by atoms with Gasteiger partial charge in [-0.3, -0.25) is 29.5 Å². The predicted molar refractivity (Wildman–Crippen MR) is 250 cm³/mol. The Morgan fingerprint density at radius 1 is 1.14 bits per heavy atom. The van der Waals surface area contributed by atoms with Crippen LogP contribution in [0, 0.1) is 11.3 Å². The molecule has 2 saturated heterocycles. The van der Waals surface area contributed by atoms with E-state index < -0.39 is 49.0 Å². The summed E-state index contributed by atoms with van der Waals surface area (Å²) in [5.41, 5.74) is 5.79. The number of pyridine rings is 1. The molecule has 4 aromatic rings. The molecule has 16 nitrogen and oxygen atoms in total. The fourth-order valence-corrected chi connectivity index (χ4v) is 12.8. The molecule has 3 aliphatic rings. The first-order valence-electron chi connectivity index (χ1n) is 22.2. The molecular weight excluding hydrogens is 873 g/mol. The first-order valence-corrected chi connectivity index (χ1v) is 26.5. The molecule has 7 rings (SSSR count). The van der Waals surface area contributed by atoms with Gasteiger partial charge in [0.1, 0.15) is 21.8 Å². The maximum Gasteiger partial charge on any atom is 0.320 e. The van der Waals surface area contributed by atoms with Crippen LogP contribution in [-0.2, 0) is 53.1 Å². The van der Waals surface area contributed by atoms with Gasteiger partial charge >= 0.3 is 12.0 Å². The molecule has 2 fully saturated rings. The average Bonchev–Trinajstić information content (AvgIpc) is 3.75. The SMILES string of the molecule is CCn1c(-c2cccnc2[C@H](C)OC)c2c3cc(ccc31)-c1csc(n1)C[C@H](NC(=O)[C@H](C(C)C)N(C)C(=O)N1CCS(=O)(=O)CC1)C(=O)N1CCC[C@H]([SiH2]N1)C(=O)OCC(C)(C)C2. The van der Waals surface area contributed by atoms with Gasteiger partial charge in [-0.1, -0.05) is 33.8 Å². The number of fused-ring (bicyclic) bond motifs is 7. The van der Waals surface area contributed by atoms with E-state index in [1.54, 1.807) is 13.3 Å². The van der Waals surface area contributed by atoms with Gasteiger partial charge in [0.15, 0.2) is 9.84 Å². The lowest BCUT2D eigenvalue weighted by atomic mass is 9.84. The molecule has 2 N–H and O–H groups in total. The molecule has 1 aromatic carbocycles. The second kappa shape index (κ2) is 19.4. The van der Waals surface area contributed by atoms with Gasteiger partial charge in [-0.2, -0.15) is 0 Å². The number of ether oxygens (including phenoxy) is 2. The van der Waals surface area contributed by atoms with Gasteiger partial charge in [-0.15, -0.1) is 11.3 Å². The Kier molecular flexibility index (Phi) is 14.3. The van der Waals surface area contributed by atoms with E-state index >= 15 is 0 Å². The largest absolute Gasteiger partial charge is 0.465 e. The number of urea groups is 1. The summed E-state index contributed by atoms with van der Waals surface area (Å²) in [6.07, 6.45) is 3.34. The number of nitrogens with zero attached hydrogens (tertiary/aromatic N) is 6. The fourth-order valence-electron chi connectivity index (χ4n) is 9.18. The molecule has 0 spiro atoms. The van der Waals surface area contributed by atoms with Crippen LogP contribution in [0.15, 0.2) is 41.9 Å². The van der Waals surface area contributed by atoms with E-state index in [-0.39, 0.29) is 67.1 Å². The standard InChI is InChI=1S/C45H62N8O8S2Si/c1-9-52-35-15-14-29-22-31(35)32(40(52)30-12-10-16-46-38(30)28(4)60-8)24-45(5,6)26-61-43(56)36-13-11-17-53(49-64-36)42(55)33(23-37-47-34(29)25-62-37)48-41(54)39(27(2)3)50(7)44(57)51-18-20-63(58,59)21-19-51/h10,12,14-16,22,25,27-28,33,36,39,49H,9,11,13,17-21,23-24,26,64H2,1-8H3,(H,48,54)/t28-,33-,36-,39-/m0/s1. The minimum Gasteiger partial charge on any atom is -0.465 e. The number of aromatic nitrogens is 3. The number of carbonyl (C=O) groups excluding carboxylic acids is 4. The van der Waals surface area contributed by atoms with Crippen molar-refractivity contribution < 1.29 is 37.1 Å². The third kappa shape index (κ3) is 10.1. The van der Waals surface area contributed by atoms with Crippen LogP contribution in [0.1, 0.15) is 76.8 Å². The number of thiazole rings is 1. The zero-order chi connectivity index (χ0) is 46.1. The summed E-state index contributed by atoms with van der Waals surface area (Å²) in [5, 5.41) is 11.5. The molecule has 6 bridgehead atoms. The van der Waals surface area contributed by atoms with Crippen LogP contribution < -0.4 is 10.4 Å². The number of carbonyl (C=O) groups is 4. The topological polar surface area (TPSA) is 185 Å². The van der Waals surface area contributed by atoms with Crippen LogP contribution in [0.25, 0.3) is 33.4 Å². The number of rotatable bonds is 8. The van der Waals surface area contributed by atoms with Crippen molar-refractivity contribution in [2.45, 2.75) is 97.5 Å². The first kappa shape index (κ1) is 47.3. The molecule has 6 heterocycles. The molecule has 0 radical (unpaired) electrons. The summed E-state index contributed by atoms with van der Waals surface area (Å²) < 4.78 is 38.5. The van der Waals surface area contributed by atoms with Crippen molar-refractivity contribution in [3.63, 3.8) is 0 Å². The number of cyclic esters (lactones) is 1. The highest BCUT2D eigenvalue weighted by atomic mass is 32.2. The molecule has 3 aromatic heterocycles. The van der Waals surface area contributed by atoms with Crippen LogP contribution in [0.2, 0.25) is 5.54 Å². The van der Waals surface area contributed by atoms with Crippen molar-refractivity contribution in [3.05, 3.63) is 58.2 Å². The van der Waals surface area contributed by atoms with Gasteiger partial charge in [-0.25, -0.2) is 18.2 Å². The van der Waals surface area contributed by atoms with Gasteiger partial charge in [-0.05, 0) is 68.9 Å². The minimum absolute atomic E-state index is 0.0428. The Labute approximate surface area is 382 Å². The zero-order valence-corrected chi connectivity index (χ0v) is 41.2. The Bertz CT molecular complexity index is 2490. The maximum atomic E-state index is 14.6. The van der Waals surface area contributed by atoms with Gasteiger partial charge in [0.05, 0.1) is 51.8 Å². The van der Waals surface area contributed by atoms with Crippen molar-refractivity contribution in [1.29, 1.82) is 0 Å². The van der Waals surface area contributed by atoms with Crippen molar-refractivity contribution in [3.8, 4) is 22.5 Å². The van der Waals surface area contributed by atoms with E-state index in [2.05, 4.69) is 60.0 Å². The smallest absolute Gasteiger partial charge is 0.320 e. The number of sulfone groups is 1. The van der Waals surface area contributed by atoms with E-state index in [4.69, 9.17) is 19.4 Å². The van der Waals surface area contributed by atoms with E-state index in [1.165, 1.54) is 33.2 Å². The molecule has 0 aliphatic carbocycles. The van der Waals surface area contributed by atoms with Crippen molar-refractivity contribution in [2.24, 2.45) is 11.3 Å². The van der Waals surface area contributed by atoms with E-state index in [9.17, 15) is 27.6 Å². The number of nitrogens with one attached hydrogen (secondary N) is 2. The normalized spacial score (nSPS) is 21.8. The lowest BCUT2D eigenvalue weighted by molar-refractivity contribution is -0.146. The fraction of sp³-hybridized carbons (Fsp3) is 0.556. The summed E-state index contributed by atoms with van der Waals surface area (Å²) in [5.74, 6) is -1.76. The summed E-state index contributed by atoms with van der Waals surface area (Å²) >= 11 is 1.41. The number of esters is 1. The second-order valence-electron chi connectivity index (χ2n) is 18.4. The monoisotopic (exact) mass is 934 g/mol. The number of likely N-dealkylation sites (N-methyl/N-ethyl adjacent to an activating group) is 1. The lowest BCUT2D eigenvalue weighted by Crippen LogP contribution is -2.60. The van der Waals surface area contributed by atoms with E-state index in [0.29, 0.717) is 37.4 Å².